The van der Waals surface area contributed by atoms with Gasteiger partial charge in [0.1, 0.15) is 5.75 Å². The number of aliphatic carboxylic acids is 1. The van der Waals surface area contributed by atoms with Crippen molar-refractivity contribution >= 4 is 11.9 Å². The maximum Gasteiger partial charge on any atom is 0.331 e. The fourth-order valence-electron chi connectivity index (χ4n) is 2.10. The third kappa shape index (κ3) is 5.23. The van der Waals surface area contributed by atoms with Gasteiger partial charge in [0.05, 0.1) is 6.61 Å². The number of ether oxygens (including phenoxy) is 2. The molecule has 1 amide bonds. The summed E-state index contributed by atoms with van der Waals surface area (Å²) in [6, 6.07) is 7.50. The predicted molar refractivity (Wildman–Crippen MR) is 91.3 cm³/mol. The lowest BCUT2D eigenvalue weighted by Crippen LogP contribution is -2.57. The Bertz CT molecular complexity index is 576. The zero-order valence-electron chi connectivity index (χ0n) is 15.2. The molecule has 1 aromatic carbocycles. The summed E-state index contributed by atoms with van der Waals surface area (Å²) in [6.45, 7) is 9.16. The van der Waals surface area contributed by atoms with Gasteiger partial charge in [0.15, 0.2) is 11.6 Å². The number of rotatable bonds is 7. The predicted octanol–water partition coefficient (Wildman–Crippen LogP) is 2.36. The van der Waals surface area contributed by atoms with Crippen LogP contribution in [0.15, 0.2) is 24.3 Å². The minimum Gasteiger partial charge on any atom is -0.481 e. The molecule has 6 nitrogen and oxygen atoms in total. The van der Waals surface area contributed by atoms with E-state index in [0.717, 1.165) is 5.56 Å². The van der Waals surface area contributed by atoms with Crippen molar-refractivity contribution in [3.8, 4) is 5.75 Å². The Morgan fingerprint density at radius 3 is 2.12 bits per heavy atom. The molecule has 0 aliphatic heterocycles. The van der Waals surface area contributed by atoms with E-state index in [2.05, 4.69) is 26.1 Å². The van der Waals surface area contributed by atoms with Crippen molar-refractivity contribution in [3.05, 3.63) is 29.8 Å². The summed E-state index contributed by atoms with van der Waals surface area (Å²) >= 11 is 0. The number of carbonyl (C=O) groups is 2. The van der Waals surface area contributed by atoms with Crippen LogP contribution >= 0.6 is 0 Å². The van der Waals surface area contributed by atoms with Gasteiger partial charge in [0.25, 0.3) is 5.91 Å². The van der Waals surface area contributed by atoms with Crippen LogP contribution in [0.25, 0.3) is 0 Å². The Balaban J connectivity index is 2.75. The first kappa shape index (κ1) is 20.0. The average molecular weight is 337 g/mol. The van der Waals surface area contributed by atoms with E-state index in [4.69, 9.17) is 9.47 Å². The summed E-state index contributed by atoms with van der Waals surface area (Å²) in [5, 5.41) is 11.7. The molecule has 0 aliphatic carbocycles. The smallest absolute Gasteiger partial charge is 0.331 e. The van der Waals surface area contributed by atoms with Crippen LogP contribution in [0.4, 0.5) is 0 Å². The highest BCUT2D eigenvalue weighted by Crippen LogP contribution is 2.24. The number of amides is 1. The van der Waals surface area contributed by atoms with Crippen LogP contribution in [0.2, 0.25) is 0 Å². The number of carboxylic acids is 1. The van der Waals surface area contributed by atoms with Gasteiger partial charge < -0.3 is 19.9 Å². The van der Waals surface area contributed by atoms with E-state index >= 15 is 0 Å². The van der Waals surface area contributed by atoms with E-state index in [9.17, 15) is 14.7 Å². The largest absolute Gasteiger partial charge is 0.481 e. The van der Waals surface area contributed by atoms with Gasteiger partial charge in [-0.15, -0.1) is 0 Å². The molecule has 0 aliphatic rings. The van der Waals surface area contributed by atoms with Crippen molar-refractivity contribution < 1.29 is 24.2 Å². The number of hydrogen-bond donors (Lipinski definition) is 2. The maximum absolute atomic E-state index is 12.2. The van der Waals surface area contributed by atoms with Crippen LogP contribution in [-0.4, -0.2) is 42.3 Å². The Kier molecular flexibility index (Phi) is 6.37. The molecule has 134 valence electrons. The van der Waals surface area contributed by atoms with Crippen LogP contribution < -0.4 is 10.1 Å². The average Bonchev–Trinajstić information content (AvgIpc) is 2.46. The molecule has 0 spiro atoms. The maximum atomic E-state index is 12.2. The minimum atomic E-state index is -1.50. The summed E-state index contributed by atoms with van der Waals surface area (Å²) < 4.78 is 10.5. The monoisotopic (exact) mass is 337 g/mol. The molecule has 1 rings (SSSR count). The summed E-state index contributed by atoms with van der Waals surface area (Å²) in [5.41, 5.74) is -0.310. The molecule has 0 radical (unpaired) electrons. The van der Waals surface area contributed by atoms with E-state index < -0.39 is 23.5 Å². The van der Waals surface area contributed by atoms with Crippen molar-refractivity contribution in [1.29, 1.82) is 0 Å². The number of hydrogen-bond acceptors (Lipinski definition) is 4. The summed E-state index contributed by atoms with van der Waals surface area (Å²) in [4.78, 5) is 23.5. The number of methoxy groups -OCH3 is 1. The summed E-state index contributed by atoms with van der Waals surface area (Å²) in [6.07, 6.45) is -0.832. The Labute approximate surface area is 143 Å². The first-order valence-electron chi connectivity index (χ1n) is 7.81. The third-order valence-electron chi connectivity index (χ3n) is 3.71. The number of nitrogens with one attached hydrogen (secondary N) is 1. The van der Waals surface area contributed by atoms with Crippen molar-refractivity contribution in [1.82, 2.24) is 5.32 Å². The van der Waals surface area contributed by atoms with Gasteiger partial charge in [0.2, 0.25) is 0 Å². The topological polar surface area (TPSA) is 84.9 Å². The van der Waals surface area contributed by atoms with Crippen LogP contribution in [0.5, 0.6) is 5.75 Å². The Morgan fingerprint density at radius 1 is 1.17 bits per heavy atom. The normalized spacial score (nSPS) is 15.2. The van der Waals surface area contributed by atoms with Gasteiger partial charge in [0, 0.05) is 7.11 Å². The van der Waals surface area contributed by atoms with Crippen LogP contribution in [0.3, 0.4) is 0 Å². The SMILES string of the molecule is COCC(C)(NC(=O)C(C)Oc1ccc(C(C)(C)C)cc1)C(=O)O. The molecule has 6 heteroatoms. The minimum absolute atomic E-state index is 0.0327. The fraction of sp³-hybridized carbons (Fsp3) is 0.556. The summed E-state index contributed by atoms with van der Waals surface area (Å²) in [5.74, 6) is -1.13. The van der Waals surface area contributed by atoms with Gasteiger partial charge >= 0.3 is 5.97 Å². The molecule has 1 aromatic rings. The van der Waals surface area contributed by atoms with Crippen molar-refractivity contribution in [2.24, 2.45) is 0 Å². The first-order chi connectivity index (χ1) is 11.0. The molecular formula is C18H27NO5. The van der Waals surface area contributed by atoms with Gasteiger partial charge in [-0.2, -0.15) is 0 Å². The van der Waals surface area contributed by atoms with E-state index in [1.807, 2.05) is 12.1 Å². The highest BCUT2D eigenvalue weighted by molar-refractivity contribution is 5.88. The standard InChI is InChI=1S/C18H27NO5/c1-12(15(20)19-18(5,11-23-6)16(21)22)24-14-9-7-13(8-10-14)17(2,3)4/h7-10,12H,11H2,1-6H3,(H,19,20)(H,21,22). The van der Waals surface area contributed by atoms with E-state index in [-0.39, 0.29) is 12.0 Å². The molecule has 0 heterocycles. The summed E-state index contributed by atoms with van der Waals surface area (Å²) in [7, 11) is 1.38. The van der Waals surface area contributed by atoms with E-state index in [1.165, 1.54) is 14.0 Å². The van der Waals surface area contributed by atoms with Gasteiger partial charge in [-0.05, 0) is 37.0 Å². The Hall–Kier alpha value is -2.08. The molecular weight excluding hydrogens is 310 g/mol. The molecule has 2 unspecified atom stereocenters. The highest BCUT2D eigenvalue weighted by Gasteiger charge is 2.36. The molecule has 0 saturated carbocycles. The fourth-order valence-corrected chi connectivity index (χ4v) is 2.10. The van der Waals surface area contributed by atoms with Crippen molar-refractivity contribution in [3.63, 3.8) is 0 Å². The van der Waals surface area contributed by atoms with Crippen molar-refractivity contribution in [2.75, 3.05) is 13.7 Å². The number of carboxylic acid groups (broad SMARTS) is 1. The zero-order chi connectivity index (χ0) is 18.5. The molecule has 0 bridgehead atoms. The molecule has 0 aromatic heterocycles. The lowest BCUT2D eigenvalue weighted by molar-refractivity contribution is -0.150. The lowest BCUT2D eigenvalue weighted by atomic mass is 9.87. The van der Waals surface area contributed by atoms with Crippen LogP contribution in [0.1, 0.15) is 40.2 Å². The molecule has 2 N–H and O–H groups in total. The second kappa shape index (κ2) is 7.66. The Morgan fingerprint density at radius 2 is 1.71 bits per heavy atom. The van der Waals surface area contributed by atoms with Crippen LogP contribution in [-0.2, 0) is 19.7 Å². The highest BCUT2D eigenvalue weighted by atomic mass is 16.5. The molecule has 24 heavy (non-hydrogen) atoms. The van der Waals surface area contributed by atoms with E-state index in [1.54, 1.807) is 19.1 Å². The van der Waals surface area contributed by atoms with Gasteiger partial charge in [-0.3, -0.25) is 4.79 Å². The van der Waals surface area contributed by atoms with Gasteiger partial charge in [-0.25, -0.2) is 4.79 Å². The van der Waals surface area contributed by atoms with Crippen LogP contribution in [0, 0.1) is 0 Å². The second-order valence-electron chi connectivity index (χ2n) is 7.09. The third-order valence-corrected chi connectivity index (χ3v) is 3.71. The molecule has 0 saturated heterocycles. The number of carbonyl (C=O) groups excluding carboxylic acids is 1. The van der Waals surface area contributed by atoms with Crippen molar-refractivity contribution in [2.45, 2.75) is 51.7 Å². The quantitative estimate of drug-likeness (QED) is 0.798. The molecule has 0 fully saturated rings. The lowest BCUT2D eigenvalue weighted by Gasteiger charge is -2.27. The first-order valence-corrected chi connectivity index (χ1v) is 7.81. The second-order valence-corrected chi connectivity index (χ2v) is 7.09. The molecule has 2 atom stereocenters. The zero-order valence-corrected chi connectivity index (χ0v) is 15.2. The van der Waals surface area contributed by atoms with E-state index in [0.29, 0.717) is 5.75 Å². The number of benzene rings is 1. The van der Waals surface area contributed by atoms with Gasteiger partial charge in [-0.1, -0.05) is 32.9 Å².